The Morgan fingerprint density at radius 1 is 1.71 bits per heavy atom. The third-order valence-electron chi connectivity index (χ3n) is 3.78. The van der Waals surface area contributed by atoms with Gasteiger partial charge in [0.1, 0.15) is 0 Å². The molecule has 0 amide bonds. The fourth-order valence-corrected chi connectivity index (χ4v) is 2.49. The summed E-state index contributed by atoms with van der Waals surface area (Å²) in [7, 11) is 0. The number of likely N-dealkylation sites (tertiary alicyclic amines) is 1. The number of carboxylic acids is 1. The number of nitrogens with zero attached hydrogens (tertiary/aromatic N) is 2. The van der Waals surface area contributed by atoms with E-state index in [1.807, 2.05) is 19.9 Å². The van der Waals surface area contributed by atoms with Crippen molar-refractivity contribution in [3.63, 3.8) is 0 Å². The average Bonchev–Trinajstić information content (AvgIpc) is 2.87. The SMILES string of the molecule is CC(C)C1(C(=O)O)CCN(Cc2ccno2)C1. The second-order valence-electron chi connectivity index (χ2n) is 5.06. The maximum absolute atomic E-state index is 11.5. The van der Waals surface area contributed by atoms with Gasteiger partial charge in [-0.15, -0.1) is 0 Å². The van der Waals surface area contributed by atoms with Gasteiger partial charge in [0.15, 0.2) is 5.76 Å². The number of hydrogen-bond acceptors (Lipinski definition) is 4. The monoisotopic (exact) mass is 238 g/mol. The maximum Gasteiger partial charge on any atom is 0.311 e. The minimum Gasteiger partial charge on any atom is -0.481 e. The van der Waals surface area contributed by atoms with E-state index in [0.29, 0.717) is 19.5 Å². The largest absolute Gasteiger partial charge is 0.481 e. The number of carbonyl (C=O) groups is 1. The van der Waals surface area contributed by atoms with Crippen LogP contribution >= 0.6 is 0 Å². The van der Waals surface area contributed by atoms with E-state index in [4.69, 9.17) is 4.52 Å². The van der Waals surface area contributed by atoms with Crippen molar-refractivity contribution < 1.29 is 14.4 Å². The van der Waals surface area contributed by atoms with E-state index in [1.165, 1.54) is 0 Å². The highest BCUT2D eigenvalue weighted by Gasteiger charge is 2.47. The molecule has 1 saturated heterocycles. The molecule has 17 heavy (non-hydrogen) atoms. The van der Waals surface area contributed by atoms with Gasteiger partial charge in [0.2, 0.25) is 0 Å². The molecular weight excluding hydrogens is 220 g/mol. The zero-order valence-electron chi connectivity index (χ0n) is 10.2. The molecule has 1 aromatic rings. The van der Waals surface area contributed by atoms with Crippen LogP contribution in [-0.4, -0.2) is 34.2 Å². The lowest BCUT2D eigenvalue weighted by molar-refractivity contribution is -0.151. The summed E-state index contributed by atoms with van der Waals surface area (Å²) >= 11 is 0. The summed E-state index contributed by atoms with van der Waals surface area (Å²) in [4.78, 5) is 13.6. The topological polar surface area (TPSA) is 66.6 Å². The lowest BCUT2D eigenvalue weighted by atomic mass is 9.76. The van der Waals surface area contributed by atoms with Crippen molar-refractivity contribution >= 4 is 5.97 Å². The number of aromatic nitrogens is 1. The molecule has 1 atom stereocenters. The van der Waals surface area contributed by atoms with Crippen LogP contribution in [0, 0.1) is 11.3 Å². The molecule has 1 fully saturated rings. The number of carboxylic acid groups (broad SMARTS) is 1. The van der Waals surface area contributed by atoms with Crippen LogP contribution in [0.4, 0.5) is 0 Å². The Morgan fingerprint density at radius 3 is 2.94 bits per heavy atom. The van der Waals surface area contributed by atoms with Crippen LogP contribution in [0.3, 0.4) is 0 Å². The molecule has 1 aliphatic rings. The molecule has 0 radical (unpaired) electrons. The number of rotatable bonds is 4. The van der Waals surface area contributed by atoms with Gasteiger partial charge in [-0.25, -0.2) is 0 Å². The van der Waals surface area contributed by atoms with Gasteiger partial charge in [-0.3, -0.25) is 9.69 Å². The minimum absolute atomic E-state index is 0.139. The van der Waals surface area contributed by atoms with E-state index in [9.17, 15) is 9.90 Å². The third-order valence-corrected chi connectivity index (χ3v) is 3.78. The van der Waals surface area contributed by atoms with E-state index < -0.39 is 11.4 Å². The Labute approximate surface area is 100 Å². The molecule has 0 bridgehead atoms. The van der Waals surface area contributed by atoms with Crippen molar-refractivity contribution in [2.24, 2.45) is 11.3 Å². The molecule has 5 nitrogen and oxygen atoms in total. The molecule has 2 rings (SSSR count). The molecule has 1 aromatic heterocycles. The molecule has 1 N–H and O–H groups in total. The average molecular weight is 238 g/mol. The maximum atomic E-state index is 11.5. The van der Waals surface area contributed by atoms with Gasteiger partial charge in [0.05, 0.1) is 18.2 Å². The molecular formula is C12H18N2O3. The predicted molar refractivity (Wildman–Crippen MR) is 61.3 cm³/mol. The summed E-state index contributed by atoms with van der Waals surface area (Å²) in [5, 5.41) is 13.1. The Balaban J connectivity index is 2.05. The fraction of sp³-hybridized carbons (Fsp3) is 0.667. The lowest BCUT2D eigenvalue weighted by Gasteiger charge is -2.28. The summed E-state index contributed by atoms with van der Waals surface area (Å²) in [6.45, 7) is 5.98. The first kappa shape index (κ1) is 12.1. The van der Waals surface area contributed by atoms with E-state index >= 15 is 0 Å². The Kier molecular flexibility index (Phi) is 3.19. The molecule has 5 heteroatoms. The highest BCUT2D eigenvalue weighted by molar-refractivity contribution is 5.75. The summed E-state index contributed by atoms with van der Waals surface area (Å²) in [6.07, 6.45) is 2.31. The summed E-state index contributed by atoms with van der Waals surface area (Å²) in [5.41, 5.74) is -0.611. The molecule has 2 heterocycles. The number of hydrogen-bond donors (Lipinski definition) is 1. The number of aliphatic carboxylic acids is 1. The van der Waals surface area contributed by atoms with Gasteiger partial charge in [0.25, 0.3) is 0 Å². The first-order valence-corrected chi connectivity index (χ1v) is 5.90. The first-order chi connectivity index (χ1) is 8.04. The molecule has 94 valence electrons. The van der Waals surface area contributed by atoms with Crippen LogP contribution in [0.25, 0.3) is 0 Å². The Hall–Kier alpha value is -1.36. The lowest BCUT2D eigenvalue weighted by Crippen LogP contribution is -2.39. The van der Waals surface area contributed by atoms with Crippen molar-refractivity contribution in [2.75, 3.05) is 13.1 Å². The summed E-state index contributed by atoms with van der Waals surface area (Å²) in [6, 6.07) is 1.82. The van der Waals surface area contributed by atoms with E-state index in [0.717, 1.165) is 12.3 Å². The van der Waals surface area contributed by atoms with Crippen LogP contribution in [0.1, 0.15) is 26.0 Å². The van der Waals surface area contributed by atoms with Crippen LogP contribution < -0.4 is 0 Å². The van der Waals surface area contributed by atoms with Crippen LogP contribution in [0.15, 0.2) is 16.8 Å². The van der Waals surface area contributed by atoms with Gasteiger partial charge in [-0.05, 0) is 18.9 Å². The van der Waals surface area contributed by atoms with Crippen molar-refractivity contribution in [1.82, 2.24) is 10.1 Å². The van der Waals surface area contributed by atoms with Gasteiger partial charge < -0.3 is 9.63 Å². The van der Waals surface area contributed by atoms with Crippen LogP contribution in [-0.2, 0) is 11.3 Å². The van der Waals surface area contributed by atoms with Gasteiger partial charge in [0, 0.05) is 12.6 Å². The minimum atomic E-state index is -0.687. The van der Waals surface area contributed by atoms with E-state index in [-0.39, 0.29) is 5.92 Å². The Bertz CT molecular complexity index is 388. The highest BCUT2D eigenvalue weighted by Crippen LogP contribution is 2.38. The predicted octanol–water partition coefficient (Wildman–Crippen LogP) is 1.61. The van der Waals surface area contributed by atoms with Gasteiger partial charge >= 0.3 is 5.97 Å². The Morgan fingerprint density at radius 2 is 2.47 bits per heavy atom. The molecule has 1 aliphatic heterocycles. The summed E-state index contributed by atoms with van der Waals surface area (Å²) in [5.74, 6) is 0.238. The standard InChI is InChI=1S/C12H18N2O3/c1-9(2)12(11(15)16)4-6-14(8-12)7-10-3-5-13-17-10/h3,5,9H,4,6-8H2,1-2H3,(H,15,16). The zero-order chi connectivity index (χ0) is 12.5. The van der Waals surface area contributed by atoms with Crippen LogP contribution in [0.2, 0.25) is 0 Å². The first-order valence-electron chi connectivity index (χ1n) is 5.90. The fourth-order valence-electron chi connectivity index (χ4n) is 2.49. The molecule has 0 saturated carbocycles. The normalized spacial score (nSPS) is 25.6. The van der Waals surface area contributed by atoms with Crippen molar-refractivity contribution in [3.8, 4) is 0 Å². The van der Waals surface area contributed by atoms with E-state index in [1.54, 1.807) is 6.20 Å². The van der Waals surface area contributed by atoms with Crippen LogP contribution in [0.5, 0.6) is 0 Å². The second kappa shape index (κ2) is 4.49. The van der Waals surface area contributed by atoms with Crippen molar-refractivity contribution in [2.45, 2.75) is 26.8 Å². The molecule has 0 aliphatic carbocycles. The third kappa shape index (κ3) is 2.20. The smallest absolute Gasteiger partial charge is 0.311 e. The quantitative estimate of drug-likeness (QED) is 0.863. The second-order valence-corrected chi connectivity index (χ2v) is 5.06. The summed E-state index contributed by atoms with van der Waals surface area (Å²) < 4.78 is 5.05. The van der Waals surface area contributed by atoms with Gasteiger partial charge in [-0.1, -0.05) is 19.0 Å². The van der Waals surface area contributed by atoms with Crippen molar-refractivity contribution in [3.05, 3.63) is 18.0 Å². The highest BCUT2D eigenvalue weighted by atomic mass is 16.5. The molecule has 1 unspecified atom stereocenters. The van der Waals surface area contributed by atoms with Gasteiger partial charge in [-0.2, -0.15) is 0 Å². The van der Waals surface area contributed by atoms with Crippen molar-refractivity contribution in [1.29, 1.82) is 0 Å². The molecule has 0 aromatic carbocycles. The van der Waals surface area contributed by atoms with E-state index in [2.05, 4.69) is 10.1 Å². The molecule has 0 spiro atoms. The zero-order valence-corrected chi connectivity index (χ0v) is 10.2.